The molecule has 25 heavy (non-hydrogen) atoms. The van der Waals surface area contributed by atoms with E-state index in [1.807, 2.05) is 36.5 Å². The molecule has 1 aliphatic heterocycles. The summed E-state index contributed by atoms with van der Waals surface area (Å²) in [5.41, 5.74) is 4.73. The summed E-state index contributed by atoms with van der Waals surface area (Å²) in [7, 11) is 0. The van der Waals surface area contributed by atoms with Crippen LogP contribution in [-0.2, 0) is 6.54 Å². The Morgan fingerprint density at radius 2 is 1.60 bits per heavy atom. The van der Waals surface area contributed by atoms with Gasteiger partial charge in [0.25, 0.3) is 0 Å². The van der Waals surface area contributed by atoms with Crippen LogP contribution in [0.5, 0.6) is 0 Å². The molecular weight excluding hydrogens is 310 g/mol. The standard InChI is InChI=1S/C20H23N5/c1-17-7-5-6-10-20(17)24-13-11-23(12-14-24)16-18-15-21-25(22-18)19-8-3-2-4-9-19/h2-10,15H,11-14,16H2,1H3. The van der Waals surface area contributed by atoms with E-state index in [0.717, 1.165) is 44.1 Å². The first-order chi connectivity index (χ1) is 12.3. The van der Waals surface area contributed by atoms with E-state index in [1.165, 1.54) is 11.3 Å². The maximum Gasteiger partial charge on any atom is 0.0971 e. The second-order valence-corrected chi connectivity index (χ2v) is 6.51. The first-order valence-electron chi connectivity index (χ1n) is 8.79. The summed E-state index contributed by atoms with van der Waals surface area (Å²) in [4.78, 5) is 6.64. The van der Waals surface area contributed by atoms with Gasteiger partial charge in [-0.15, -0.1) is 0 Å². The number of benzene rings is 2. The second kappa shape index (κ2) is 7.07. The lowest BCUT2D eigenvalue weighted by atomic mass is 10.1. The molecule has 0 unspecified atom stereocenters. The highest BCUT2D eigenvalue weighted by molar-refractivity contribution is 5.53. The van der Waals surface area contributed by atoms with Crippen molar-refractivity contribution in [2.45, 2.75) is 13.5 Å². The lowest BCUT2D eigenvalue weighted by Crippen LogP contribution is -2.46. The van der Waals surface area contributed by atoms with Crippen LogP contribution in [0.15, 0.2) is 60.8 Å². The minimum absolute atomic E-state index is 0.856. The van der Waals surface area contributed by atoms with Gasteiger partial charge in [0.05, 0.1) is 17.6 Å². The van der Waals surface area contributed by atoms with Gasteiger partial charge in [0.2, 0.25) is 0 Å². The van der Waals surface area contributed by atoms with Crippen molar-refractivity contribution in [3.05, 3.63) is 72.1 Å². The number of anilines is 1. The Morgan fingerprint density at radius 3 is 2.36 bits per heavy atom. The predicted molar refractivity (Wildman–Crippen MR) is 100 cm³/mol. The van der Waals surface area contributed by atoms with Crippen LogP contribution >= 0.6 is 0 Å². The maximum atomic E-state index is 4.62. The molecule has 1 aromatic heterocycles. The highest BCUT2D eigenvalue weighted by Crippen LogP contribution is 2.21. The van der Waals surface area contributed by atoms with Gasteiger partial charge in [0.1, 0.15) is 0 Å². The van der Waals surface area contributed by atoms with Crippen molar-refractivity contribution in [1.82, 2.24) is 19.9 Å². The molecule has 1 fully saturated rings. The minimum atomic E-state index is 0.856. The van der Waals surface area contributed by atoms with E-state index in [4.69, 9.17) is 0 Å². The average molecular weight is 333 g/mol. The third kappa shape index (κ3) is 3.56. The Bertz CT molecular complexity index is 819. The molecule has 2 heterocycles. The van der Waals surface area contributed by atoms with Crippen molar-refractivity contribution in [3.63, 3.8) is 0 Å². The SMILES string of the molecule is Cc1ccccc1N1CCN(Cc2cnn(-c3ccccc3)n2)CC1. The summed E-state index contributed by atoms with van der Waals surface area (Å²) in [5, 5.41) is 9.01. The number of aromatic nitrogens is 3. The summed E-state index contributed by atoms with van der Waals surface area (Å²) in [5.74, 6) is 0. The molecule has 1 aliphatic rings. The zero-order valence-corrected chi connectivity index (χ0v) is 14.5. The molecular formula is C20H23N5. The van der Waals surface area contributed by atoms with Gasteiger partial charge in [-0.25, -0.2) is 0 Å². The summed E-state index contributed by atoms with van der Waals surface area (Å²) in [6.45, 7) is 7.24. The third-order valence-electron chi connectivity index (χ3n) is 4.74. The van der Waals surface area contributed by atoms with Crippen LogP contribution in [0, 0.1) is 6.92 Å². The normalized spacial score (nSPS) is 15.5. The molecule has 128 valence electrons. The van der Waals surface area contributed by atoms with Crippen molar-refractivity contribution in [2.24, 2.45) is 0 Å². The van der Waals surface area contributed by atoms with E-state index in [1.54, 1.807) is 4.80 Å². The topological polar surface area (TPSA) is 37.2 Å². The van der Waals surface area contributed by atoms with E-state index in [9.17, 15) is 0 Å². The zero-order chi connectivity index (χ0) is 17.1. The summed E-state index contributed by atoms with van der Waals surface area (Å²) < 4.78 is 0. The Balaban J connectivity index is 1.36. The fourth-order valence-corrected chi connectivity index (χ4v) is 3.35. The maximum absolute atomic E-state index is 4.62. The van der Waals surface area contributed by atoms with Crippen LogP contribution in [0.2, 0.25) is 0 Å². The van der Waals surface area contributed by atoms with Crippen LogP contribution in [0.25, 0.3) is 5.69 Å². The van der Waals surface area contributed by atoms with Gasteiger partial charge in [-0.1, -0.05) is 36.4 Å². The average Bonchev–Trinajstić information content (AvgIpc) is 3.12. The van der Waals surface area contributed by atoms with Gasteiger partial charge in [-0.05, 0) is 30.7 Å². The van der Waals surface area contributed by atoms with Crippen molar-refractivity contribution < 1.29 is 0 Å². The molecule has 0 amide bonds. The molecule has 0 aliphatic carbocycles. The molecule has 2 aromatic carbocycles. The highest BCUT2D eigenvalue weighted by Gasteiger charge is 2.19. The number of hydrogen-bond donors (Lipinski definition) is 0. The molecule has 1 saturated heterocycles. The van der Waals surface area contributed by atoms with Crippen LogP contribution in [0.1, 0.15) is 11.3 Å². The second-order valence-electron chi connectivity index (χ2n) is 6.51. The molecule has 0 bridgehead atoms. The lowest BCUT2D eigenvalue weighted by Gasteiger charge is -2.36. The first-order valence-corrected chi connectivity index (χ1v) is 8.79. The zero-order valence-electron chi connectivity index (χ0n) is 14.5. The smallest absolute Gasteiger partial charge is 0.0971 e. The Hall–Kier alpha value is -2.66. The van der Waals surface area contributed by atoms with Crippen LogP contribution in [-0.4, -0.2) is 46.1 Å². The molecule has 0 atom stereocenters. The Labute approximate surface area is 148 Å². The van der Waals surface area contributed by atoms with Crippen LogP contribution in [0.3, 0.4) is 0 Å². The van der Waals surface area contributed by atoms with Crippen molar-refractivity contribution in [1.29, 1.82) is 0 Å². The number of piperazine rings is 1. The van der Waals surface area contributed by atoms with Gasteiger partial charge < -0.3 is 4.90 Å². The molecule has 0 saturated carbocycles. The Kier molecular flexibility index (Phi) is 4.48. The number of para-hydroxylation sites is 2. The van der Waals surface area contributed by atoms with E-state index in [-0.39, 0.29) is 0 Å². The Morgan fingerprint density at radius 1 is 0.880 bits per heavy atom. The fourth-order valence-electron chi connectivity index (χ4n) is 3.35. The monoisotopic (exact) mass is 333 g/mol. The van der Waals surface area contributed by atoms with E-state index < -0.39 is 0 Å². The van der Waals surface area contributed by atoms with Gasteiger partial charge in [0, 0.05) is 38.4 Å². The lowest BCUT2D eigenvalue weighted by molar-refractivity contribution is 0.246. The van der Waals surface area contributed by atoms with Gasteiger partial charge in [0.15, 0.2) is 0 Å². The number of aryl methyl sites for hydroxylation is 1. The summed E-state index contributed by atoms with van der Waals surface area (Å²) in [6, 6.07) is 18.7. The van der Waals surface area contributed by atoms with Gasteiger partial charge >= 0.3 is 0 Å². The van der Waals surface area contributed by atoms with Crippen molar-refractivity contribution in [3.8, 4) is 5.69 Å². The quantitative estimate of drug-likeness (QED) is 0.736. The predicted octanol–water partition coefficient (Wildman–Crippen LogP) is 2.90. The molecule has 0 N–H and O–H groups in total. The number of rotatable bonds is 4. The third-order valence-corrected chi connectivity index (χ3v) is 4.74. The minimum Gasteiger partial charge on any atom is -0.369 e. The molecule has 0 radical (unpaired) electrons. The van der Waals surface area contributed by atoms with Crippen LogP contribution < -0.4 is 4.90 Å². The van der Waals surface area contributed by atoms with Crippen molar-refractivity contribution in [2.75, 3.05) is 31.1 Å². The van der Waals surface area contributed by atoms with Gasteiger partial charge in [-0.2, -0.15) is 15.0 Å². The van der Waals surface area contributed by atoms with Crippen molar-refractivity contribution >= 4 is 5.69 Å². The van der Waals surface area contributed by atoms with E-state index >= 15 is 0 Å². The largest absolute Gasteiger partial charge is 0.369 e. The first kappa shape index (κ1) is 15.8. The summed E-state index contributed by atoms with van der Waals surface area (Å²) in [6.07, 6.45) is 1.88. The molecule has 5 nitrogen and oxygen atoms in total. The fraction of sp³-hybridized carbons (Fsp3) is 0.300. The van der Waals surface area contributed by atoms with Gasteiger partial charge in [-0.3, -0.25) is 4.90 Å². The molecule has 0 spiro atoms. The molecule has 4 rings (SSSR count). The molecule has 3 aromatic rings. The number of hydrogen-bond acceptors (Lipinski definition) is 4. The highest BCUT2D eigenvalue weighted by atomic mass is 15.5. The van der Waals surface area contributed by atoms with E-state index in [2.05, 4.69) is 51.2 Å². The number of nitrogens with zero attached hydrogens (tertiary/aromatic N) is 5. The van der Waals surface area contributed by atoms with E-state index in [0.29, 0.717) is 0 Å². The molecule has 5 heteroatoms. The van der Waals surface area contributed by atoms with Crippen LogP contribution in [0.4, 0.5) is 5.69 Å². The summed E-state index contributed by atoms with van der Waals surface area (Å²) >= 11 is 0.